The van der Waals surface area contributed by atoms with Gasteiger partial charge in [0.2, 0.25) is 5.88 Å². The van der Waals surface area contributed by atoms with Gasteiger partial charge in [0.25, 0.3) is 15.9 Å². The summed E-state index contributed by atoms with van der Waals surface area (Å²) < 4.78 is 74.6. The fourth-order valence-electron chi connectivity index (χ4n) is 5.90. The summed E-state index contributed by atoms with van der Waals surface area (Å²) in [7, 11) is -5.97. The van der Waals surface area contributed by atoms with E-state index in [2.05, 4.69) is 30.6 Å². The second-order valence-electron chi connectivity index (χ2n) is 11.9. The van der Waals surface area contributed by atoms with Crippen molar-refractivity contribution in [2.24, 2.45) is 11.3 Å². The van der Waals surface area contributed by atoms with Crippen molar-refractivity contribution >= 4 is 30.0 Å². The molecule has 1 saturated carbocycles. The van der Waals surface area contributed by atoms with E-state index in [0.717, 1.165) is 12.5 Å². The number of pyridine rings is 1. The Kier molecular flexibility index (Phi) is 7.56. The molecule has 2 fully saturated rings. The molecule has 1 unspecified atom stereocenters. The lowest BCUT2D eigenvalue weighted by atomic mass is 10.0. The molecule has 5 rings (SSSR count). The Labute approximate surface area is 239 Å². The molecule has 0 spiro atoms. The summed E-state index contributed by atoms with van der Waals surface area (Å²) in [6.45, 7) is 6.39. The Morgan fingerprint density at radius 3 is 2.46 bits per heavy atom. The van der Waals surface area contributed by atoms with E-state index in [1.807, 2.05) is 0 Å². The van der Waals surface area contributed by atoms with E-state index < -0.39 is 36.3 Å². The van der Waals surface area contributed by atoms with Crippen LogP contribution in [0.25, 0.3) is 5.82 Å². The lowest BCUT2D eigenvalue weighted by Crippen LogP contribution is -2.44. The van der Waals surface area contributed by atoms with Gasteiger partial charge in [0, 0.05) is 17.6 Å². The molecule has 0 bridgehead atoms. The van der Waals surface area contributed by atoms with Crippen molar-refractivity contribution < 1.29 is 31.1 Å². The molecule has 220 valence electrons. The number of aromatic nitrogens is 3. The minimum Gasteiger partial charge on any atom is -0.477 e. The van der Waals surface area contributed by atoms with Crippen LogP contribution in [-0.4, -0.2) is 50.7 Å². The van der Waals surface area contributed by atoms with Crippen molar-refractivity contribution in [1.29, 1.82) is 0 Å². The number of carbonyl (C=O) groups excluding carboxylic acids is 1. The van der Waals surface area contributed by atoms with E-state index in [4.69, 9.17) is 9.72 Å². The molecule has 2 aromatic heterocycles. The predicted octanol–water partition coefficient (Wildman–Crippen LogP) is 4.75. The molecule has 0 radical (unpaired) electrons. The number of halogens is 3. The van der Waals surface area contributed by atoms with Crippen molar-refractivity contribution in [3.8, 4) is 11.7 Å². The van der Waals surface area contributed by atoms with Crippen LogP contribution in [0.4, 0.5) is 13.2 Å². The molecule has 2 atom stereocenters. The van der Waals surface area contributed by atoms with Crippen molar-refractivity contribution in [2.75, 3.05) is 6.61 Å². The van der Waals surface area contributed by atoms with E-state index in [0.29, 0.717) is 17.1 Å². The number of nitrogens with one attached hydrogen (secondary N) is 1. The summed E-state index contributed by atoms with van der Waals surface area (Å²) in [5, 5.41) is 4.89. The van der Waals surface area contributed by atoms with Crippen LogP contribution in [0, 0.1) is 11.3 Å². The highest BCUT2D eigenvalue weighted by Gasteiger charge is 2.62. The number of ether oxygens (including phenoxy) is 1. The number of rotatable bonds is 9. The lowest BCUT2D eigenvalue weighted by molar-refractivity contribution is -0.190. The molecule has 1 saturated heterocycles. The smallest absolute Gasteiger partial charge is 0.394 e. The third-order valence-corrected chi connectivity index (χ3v) is 14.2. The van der Waals surface area contributed by atoms with Crippen molar-refractivity contribution in [3.63, 3.8) is 0 Å². The first kappa shape index (κ1) is 29.3. The van der Waals surface area contributed by atoms with Crippen LogP contribution in [0.1, 0.15) is 56.8 Å². The van der Waals surface area contributed by atoms with E-state index in [1.165, 1.54) is 16.8 Å². The van der Waals surface area contributed by atoms with E-state index in [1.54, 1.807) is 42.6 Å². The number of carbonyl (C=O) groups is 1. The highest BCUT2D eigenvalue weighted by atomic mass is 32.2. The Balaban J connectivity index is 1.40. The standard InChI is InChI=1S/C28H33F3N4O4SSi/c1-19-17-26(2,3)41(18-19)25-21(24(36)34-40(37,38)20-7-5-4-6-8-20)9-10-22(32-25)35-15-11-23(33-35)39-16-14-27(12-13-27)28(29,30)31/h4-11,15,19,41H,12-14,16-18H2,1-3H3,(H,34,36)/t19-,41?/m0/s1. The van der Waals surface area contributed by atoms with Gasteiger partial charge in [0.05, 0.1) is 22.5 Å². The molecule has 1 aliphatic heterocycles. The zero-order chi connectivity index (χ0) is 29.6. The molecule has 1 amide bonds. The molecular weight excluding hydrogens is 573 g/mol. The predicted molar refractivity (Wildman–Crippen MR) is 150 cm³/mol. The summed E-state index contributed by atoms with van der Waals surface area (Å²) >= 11 is 0. The first-order chi connectivity index (χ1) is 19.2. The van der Waals surface area contributed by atoms with Gasteiger partial charge in [-0.3, -0.25) is 4.79 Å². The number of alkyl halides is 3. The van der Waals surface area contributed by atoms with Crippen molar-refractivity contribution in [1.82, 2.24) is 19.5 Å². The van der Waals surface area contributed by atoms with Crippen LogP contribution in [0.2, 0.25) is 11.1 Å². The van der Waals surface area contributed by atoms with Gasteiger partial charge in [0.15, 0.2) is 5.82 Å². The van der Waals surface area contributed by atoms with Gasteiger partial charge < -0.3 is 4.74 Å². The number of hydrogen-bond donors (Lipinski definition) is 1. The van der Waals surface area contributed by atoms with E-state index in [9.17, 15) is 26.4 Å². The van der Waals surface area contributed by atoms with Gasteiger partial charge in [-0.1, -0.05) is 45.0 Å². The molecule has 3 aromatic rings. The van der Waals surface area contributed by atoms with E-state index >= 15 is 0 Å². The highest BCUT2D eigenvalue weighted by molar-refractivity contribution is 7.90. The van der Waals surface area contributed by atoms with Gasteiger partial charge in [-0.15, -0.1) is 5.10 Å². The highest BCUT2D eigenvalue weighted by Crippen LogP contribution is 2.59. The molecule has 8 nitrogen and oxygen atoms in total. The average Bonchev–Trinajstić information content (AvgIpc) is 3.47. The second kappa shape index (κ2) is 10.6. The Morgan fingerprint density at radius 1 is 1.15 bits per heavy atom. The summed E-state index contributed by atoms with van der Waals surface area (Å²) in [6, 6.07) is 13.3. The number of sulfonamides is 1. The summed E-state index contributed by atoms with van der Waals surface area (Å²) in [5.41, 5.74) is -1.43. The number of nitrogens with zero attached hydrogens (tertiary/aromatic N) is 3. The zero-order valence-electron chi connectivity index (χ0n) is 23.1. The molecule has 13 heteroatoms. The molecule has 41 heavy (non-hydrogen) atoms. The second-order valence-corrected chi connectivity index (χ2v) is 17.3. The average molecular weight is 607 g/mol. The number of benzene rings is 1. The summed E-state index contributed by atoms with van der Waals surface area (Å²) in [4.78, 5) is 18.2. The van der Waals surface area contributed by atoms with Gasteiger partial charge in [0.1, 0.15) is 8.80 Å². The first-order valence-corrected chi connectivity index (χ1v) is 17.0. The molecular formula is C28H33F3N4O4SSi. The number of amides is 1. The van der Waals surface area contributed by atoms with Crippen LogP contribution in [0.3, 0.4) is 0 Å². The van der Waals surface area contributed by atoms with Crippen LogP contribution in [0.5, 0.6) is 5.88 Å². The number of hydrogen-bond acceptors (Lipinski definition) is 6. The Bertz CT molecular complexity index is 1540. The third-order valence-electron chi connectivity index (χ3n) is 8.31. The van der Waals surface area contributed by atoms with E-state index in [-0.39, 0.29) is 47.2 Å². The minimum atomic E-state index is -4.24. The zero-order valence-corrected chi connectivity index (χ0v) is 25.1. The Morgan fingerprint density at radius 2 is 1.85 bits per heavy atom. The first-order valence-electron chi connectivity index (χ1n) is 13.6. The van der Waals surface area contributed by atoms with Crippen molar-refractivity contribution in [3.05, 3.63) is 60.3 Å². The lowest BCUT2D eigenvalue weighted by Gasteiger charge is -2.27. The van der Waals surface area contributed by atoms with Gasteiger partial charge in [-0.25, -0.2) is 22.8 Å². The summed E-state index contributed by atoms with van der Waals surface area (Å²) in [6.07, 6.45) is -1.55. The molecule has 3 heterocycles. The summed E-state index contributed by atoms with van der Waals surface area (Å²) in [5.74, 6) is 0.282. The largest absolute Gasteiger partial charge is 0.477 e. The maximum absolute atomic E-state index is 13.4. The molecule has 1 aliphatic carbocycles. The fourth-order valence-corrected chi connectivity index (χ4v) is 11.0. The minimum absolute atomic E-state index is 0.0153. The van der Waals surface area contributed by atoms with Crippen LogP contribution in [0.15, 0.2) is 59.6 Å². The maximum Gasteiger partial charge on any atom is 0.394 e. The fraction of sp³-hybridized carbons (Fsp3) is 0.464. The Hall–Kier alpha value is -3.19. The normalized spacial score (nSPS) is 21.4. The maximum atomic E-state index is 13.4. The van der Waals surface area contributed by atoms with Gasteiger partial charge in [-0.2, -0.15) is 13.2 Å². The molecule has 2 aliphatic rings. The topological polar surface area (TPSA) is 103 Å². The molecule has 1 N–H and O–H groups in total. The van der Waals surface area contributed by atoms with Gasteiger partial charge >= 0.3 is 6.18 Å². The monoisotopic (exact) mass is 606 g/mol. The quantitative estimate of drug-likeness (QED) is 0.353. The van der Waals surface area contributed by atoms with Crippen molar-refractivity contribution in [2.45, 2.75) is 68.6 Å². The van der Waals surface area contributed by atoms with Crippen LogP contribution in [-0.2, 0) is 10.0 Å². The molecule has 1 aromatic carbocycles. The SMILES string of the molecule is C[C@@H]1C[SiH](c2nc(-n3ccc(OCCC4(C(F)(F)F)CC4)n3)ccc2C(=O)NS(=O)(=O)c2ccccc2)C(C)(C)C1. The van der Waals surface area contributed by atoms with Crippen LogP contribution < -0.4 is 14.8 Å². The third kappa shape index (κ3) is 6.06. The van der Waals surface area contributed by atoms with Gasteiger partial charge in [-0.05, 0) is 60.9 Å². The van der Waals surface area contributed by atoms with Crippen LogP contribution >= 0.6 is 0 Å².